The van der Waals surface area contributed by atoms with Gasteiger partial charge in [0.15, 0.2) is 25.8 Å². The van der Waals surface area contributed by atoms with E-state index in [4.69, 9.17) is 28.5 Å². The van der Waals surface area contributed by atoms with E-state index >= 15 is 0 Å². The highest BCUT2D eigenvalue weighted by atomic mass is 32.2. The summed E-state index contributed by atoms with van der Waals surface area (Å²) in [4.78, 5) is 116. The Morgan fingerprint density at radius 1 is 0.587 bits per heavy atom. The van der Waals surface area contributed by atoms with Crippen LogP contribution in [0.25, 0.3) is 0 Å². The zero-order valence-corrected chi connectivity index (χ0v) is 64.9. The highest BCUT2D eigenvalue weighted by Gasteiger charge is 2.71. The number of carboxylic acid groups (broad SMARTS) is 2. The minimum Gasteiger partial charge on any atom is -0.480 e. The van der Waals surface area contributed by atoms with Crippen LogP contribution in [0.5, 0.6) is 0 Å². The first-order valence-corrected chi connectivity index (χ1v) is 38.4. The molecule has 4 saturated carbocycles. The Balaban J connectivity index is 0.000000433. The molecule has 4 unspecified atom stereocenters. The zero-order chi connectivity index (χ0) is 80.2. The van der Waals surface area contributed by atoms with Gasteiger partial charge in [0.1, 0.15) is 30.3 Å². The molecule has 2 saturated heterocycles. The van der Waals surface area contributed by atoms with Crippen molar-refractivity contribution in [3.05, 3.63) is 25.3 Å². The number of nitrogens with two attached hydrogens (primary N) is 1. The lowest BCUT2D eigenvalue weighted by atomic mass is 9.85. The van der Waals surface area contributed by atoms with Crippen LogP contribution in [0.1, 0.15) is 188 Å². The number of aliphatic hydroxyl groups excluding tert-OH is 2. The van der Waals surface area contributed by atoms with Crippen LogP contribution in [-0.2, 0) is 53.2 Å². The van der Waals surface area contributed by atoms with Gasteiger partial charge in [0.05, 0.1) is 26.0 Å². The summed E-state index contributed by atoms with van der Waals surface area (Å²) in [5.74, 6) is -1.51. The van der Waals surface area contributed by atoms with Gasteiger partial charge in [0.2, 0.25) is 17.7 Å². The minimum absolute atomic E-state index is 0.0437. The van der Waals surface area contributed by atoms with E-state index in [1.165, 1.54) is 22.0 Å². The van der Waals surface area contributed by atoms with E-state index in [2.05, 4.69) is 62.2 Å². The molecule has 0 bridgehead atoms. The van der Waals surface area contributed by atoms with Gasteiger partial charge in [0.25, 0.3) is 11.8 Å². The van der Waals surface area contributed by atoms with Crippen LogP contribution in [0.3, 0.4) is 0 Å². The SMILES string of the molecule is C#CCCC(N)C(O)C(=O)NCC=C.C#CCCC(NC(=O)[C@@H]1[C@@H]2[C@H](CN1C(=O)[C@@H](NC(=O)N[C@H]1CCCC[C@H]1S(=O)(=O)C(C)(C)C)C(C)(C)C)C2(C)C)C(O)C(=O)NCC=C.CC(C)(C)[C@H](NC(=O)N[C@H]1CCCC[C@H]1S(=O)(=O)C(C)(C)C)C(=O)N1C[C@H]2[C@@H]([C@H]1C(=O)O)C2(C)C.O=C(O)C(F)(F)F. The fourth-order valence-corrected chi connectivity index (χ4v) is 18.3. The van der Waals surface area contributed by atoms with E-state index in [1.54, 1.807) is 41.5 Å². The Hall–Kier alpha value is -7.00. The number of terminal acetylenes is 2. The van der Waals surface area contributed by atoms with E-state index < -0.39 is 171 Å². The summed E-state index contributed by atoms with van der Waals surface area (Å²) >= 11 is 0. The summed E-state index contributed by atoms with van der Waals surface area (Å²) in [5.41, 5.74) is 3.77. The number of likely N-dealkylation sites (tertiary alicyclic amines) is 2. The van der Waals surface area contributed by atoms with Crippen molar-refractivity contribution in [3.63, 3.8) is 0 Å². The molecule has 2 heterocycles. The second-order valence-electron chi connectivity index (χ2n) is 33.1. The largest absolute Gasteiger partial charge is 0.490 e. The minimum atomic E-state index is -5.08. The lowest BCUT2D eigenvalue weighted by Crippen LogP contribution is -2.63. The van der Waals surface area contributed by atoms with Crippen LogP contribution in [-0.4, -0.2) is 213 Å². The van der Waals surface area contributed by atoms with Crippen molar-refractivity contribution in [2.24, 2.45) is 51.1 Å². The van der Waals surface area contributed by atoms with Crippen LogP contribution < -0.4 is 43.0 Å². The quantitative estimate of drug-likeness (QED) is 0.0468. The number of hydrogen-bond acceptors (Lipinski definition) is 16. The summed E-state index contributed by atoms with van der Waals surface area (Å²) in [6, 6.07) is -7.80. The molecule has 6 rings (SSSR count). The van der Waals surface area contributed by atoms with Crippen LogP contribution in [0.4, 0.5) is 22.8 Å². The molecule has 32 heteroatoms. The zero-order valence-electron chi connectivity index (χ0n) is 63.3. The molecule has 104 heavy (non-hydrogen) atoms. The number of aliphatic hydroxyl groups is 2. The second kappa shape index (κ2) is 36.1. The standard InChI is InChI=1S/C35H57N5O7S.C25H43N3O6S.C10H16N2O2.C2HF3O2/c1-11-13-16-23(27(41)30(43)36-19-12-2)37-29(42)26-25-21(35(25,9)10)20-40(26)31(44)28(33(3,4)5)39-32(45)38-22-17-14-15-18-24(22)48(46,47)34(6,7)8;1-23(2,3)19(20(29)28-13-14-17(25(14,7)8)18(28)21(30)31)27-22(32)26-15-11-9-10-12-16(15)35(33,34)24(4,5)6;1-3-5-6-8(11)9(13)10(14)12-7-4-2;3-2(4,5)1(6)7/h1,12,21-28,41H,2,13-20H2,3-10H3,(H,36,43)(H,37,42)(H2,38,39,45);14-19H,9-13H2,1-8H3,(H,30,31)(H2,26,27,32);1,4,8-9,13H,2,5-7,11H2,(H,12,14);(H,6,7)/t21-,22-,23?,24+,25-,26-,27?,28+;14-,15-,16+,17-,18-,19+;;/m00../s1. The van der Waals surface area contributed by atoms with Gasteiger partial charge in [-0.1, -0.05) is 107 Å². The van der Waals surface area contributed by atoms with Gasteiger partial charge in [-0.15, -0.1) is 37.8 Å². The molecule has 9 amide bonds. The smallest absolute Gasteiger partial charge is 0.480 e. The monoisotopic (exact) mass is 1510 g/mol. The summed E-state index contributed by atoms with van der Waals surface area (Å²) < 4.78 is 82.9. The number of carbonyl (C=O) groups is 9. The average Bonchev–Trinajstić information content (AvgIpc) is 1.53. The maximum atomic E-state index is 14.3. The summed E-state index contributed by atoms with van der Waals surface area (Å²) in [6.45, 7) is 37.1. The average molecular weight is 1520 g/mol. The molecular weight excluding hydrogens is 1400 g/mol. The molecule has 13 N–H and O–H groups in total. The first kappa shape index (κ1) is 91.2. The van der Waals surface area contributed by atoms with Crippen molar-refractivity contribution >= 4 is 73.2 Å². The highest BCUT2D eigenvalue weighted by molar-refractivity contribution is 7.93. The Kier molecular flexibility index (Phi) is 31.6. The fourth-order valence-electron chi connectivity index (χ4n) is 14.3. The van der Waals surface area contributed by atoms with Gasteiger partial charge in [-0.2, -0.15) is 13.2 Å². The lowest BCUT2D eigenvalue weighted by molar-refractivity contribution is -0.192. The van der Waals surface area contributed by atoms with E-state index in [0.29, 0.717) is 58.2 Å². The molecule has 6 fully saturated rings. The van der Waals surface area contributed by atoms with Crippen molar-refractivity contribution in [1.29, 1.82) is 0 Å². The summed E-state index contributed by atoms with van der Waals surface area (Å²) in [5, 5.41) is 54.9. The molecule has 16 atom stereocenters. The van der Waals surface area contributed by atoms with Crippen LogP contribution in [0.2, 0.25) is 0 Å². The van der Waals surface area contributed by atoms with Crippen LogP contribution in [0, 0.1) is 70.0 Å². The summed E-state index contributed by atoms with van der Waals surface area (Å²) in [6.07, 6.45) is 12.0. The molecule has 0 aromatic rings. The number of halogens is 3. The number of piperidine rings is 2. The van der Waals surface area contributed by atoms with Gasteiger partial charge in [-0.05, 0) is 119 Å². The van der Waals surface area contributed by atoms with Gasteiger partial charge >= 0.3 is 30.2 Å². The maximum Gasteiger partial charge on any atom is 0.490 e. The molecule has 590 valence electrons. The van der Waals surface area contributed by atoms with Crippen molar-refractivity contribution in [2.45, 2.75) is 275 Å². The molecule has 27 nitrogen and oxygen atoms in total. The number of rotatable bonds is 23. The molecule has 0 radical (unpaired) electrons. The normalized spacial score (nSPS) is 25.6. The molecule has 0 aromatic carbocycles. The third-order valence-corrected chi connectivity index (χ3v) is 26.9. The summed E-state index contributed by atoms with van der Waals surface area (Å²) in [7, 11) is -7.06. The van der Waals surface area contributed by atoms with Crippen molar-refractivity contribution < 1.29 is 93.6 Å². The number of hydrogen-bond donors (Lipinski definition) is 12. The number of alkyl halides is 3. The molecule has 4 aliphatic carbocycles. The van der Waals surface area contributed by atoms with Gasteiger partial charge in [0, 0.05) is 63.1 Å². The predicted octanol–water partition coefficient (Wildman–Crippen LogP) is 5.09. The number of aliphatic carboxylic acids is 2. The van der Waals surface area contributed by atoms with Crippen molar-refractivity contribution in [2.75, 3.05) is 26.2 Å². The predicted molar refractivity (Wildman–Crippen MR) is 388 cm³/mol. The maximum absolute atomic E-state index is 14.3. The fraction of sp³-hybridized carbons (Fsp3) is 0.764. The number of carbonyl (C=O) groups excluding carboxylic acids is 7. The van der Waals surface area contributed by atoms with E-state index in [1.807, 2.05) is 69.2 Å². The second-order valence-corrected chi connectivity index (χ2v) is 39.0. The van der Waals surface area contributed by atoms with Crippen molar-refractivity contribution in [1.82, 2.24) is 47.0 Å². The van der Waals surface area contributed by atoms with Gasteiger partial charge in [-0.25, -0.2) is 36.0 Å². The van der Waals surface area contributed by atoms with E-state index in [9.17, 15) is 83.7 Å². The number of nitrogens with zero attached hydrogens (tertiary/aromatic N) is 2. The Labute approximate surface area is 612 Å². The Bertz CT molecular complexity index is 3420. The molecular formula is C72H117F3N10O17S2. The number of fused-ring (bicyclic) bond motifs is 2. The molecule has 0 aromatic heterocycles. The highest BCUT2D eigenvalue weighted by Crippen LogP contribution is 2.66. The number of amides is 9. The number of urea groups is 2. The third kappa shape index (κ3) is 23.0. The van der Waals surface area contributed by atoms with Crippen LogP contribution >= 0.6 is 0 Å². The first-order chi connectivity index (χ1) is 47.5. The number of nitrogens with one attached hydrogen (secondary N) is 7. The number of carboxylic acids is 2. The van der Waals surface area contributed by atoms with E-state index in [0.717, 1.165) is 25.7 Å². The third-order valence-electron chi connectivity index (χ3n) is 20.8. The molecule has 2 aliphatic heterocycles. The lowest BCUT2D eigenvalue weighted by Gasteiger charge is -2.39. The van der Waals surface area contributed by atoms with E-state index in [-0.39, 0.29) is 53.9 Å². The Morgan fingerprint density at radius 3 is 1.27 bits per heavy atom. The topological polar surface area (TPSA) is 420 Å². The van der Waals surface area contributed by atoms with Gasteiger partial charge < -0.3 is 73.2 Å². The van der Waals surface area contributed by atoms with Crippen molar-refractivity contribution in [3.8, 4) is 24.7 Å². The van der Waals surface area contributed by atoms with Gasteiger partial charge in [-0.3, -0.25) is 24.0 Å². The molecule has 6 aliphatic rings. The first-order valence-electron chi connectivity index (χ1n) is 35.3. The Morgan fingerprint density at radius 2 is 0.933 bits per heavy atom. The molecule has 0 spiro atoms. The van der Waals surface area contributed by atoms with Crippen LogP contribution in [0.15, 0.2) is 25.3 Å². The number of sulfone groups is 2.